The standard InChI is InChI=1S/C19H16BrN3O5S/c20-15-6-7-17-22-16(10-18(24)23(17)12-15)13-28-19(25)11-21-29(26,27)9-8-14-4-2-1-3-5-14/h1-10,12,21H,11,13H2. The van der Waals surface area contributed by atoms with E-state index in [4.69, 9.17) is 4.74 Å². The summed E-state index contributed by atoms with van der Waals surface area (Å²) in [6, 6.07) is 13.5. The van der Waals surface area contributed by atoms with E-state index in [2.05, 4.69) is 25.6 Å². The second kappa shape index (κ2) is 9.12. The molecule has 0 saturated heterocycles. The molecule has 8 nitrogen and oxygen atoms in total. The van der Waals surface area contributed by atoms with Gasteiger partial charge in [-0.1, -0.05) is 30.3 Å². The second-order valence-electron chi connectivity index (χ2n) is 5.90. The third-order valence-electron chi connectivity index (χ3n) is 3.71. The number of sulfonamides is 1. The van der Waals surface area contributed by atoms with E-state index in [1.807, 2.05) is 6.07 Å². The number of carbonyl (C=O) groups excluding carboxylic acids is 1. The van der Waals surface area contributed by atoms with Crippen molar-refractivity contribution in [3.05, 3.63) is 86.2 Å². The highest BCUT2D eigenvalue weighted by Crippen LogP contribution is 2.09. The van der Waals surface area contributed by atoms with Crippen LogP contribution in [0.4, 0.5) is 0 Å². The Morgan fingerprint density at radius 3 is 2.72 bits per heavy atom. The van der Waals surface area contributed by atoms with Gasteiger partial charge in [-0.05, 0) is 39.7 Å². The molecule has 2 heterocycles. The number of carbonyl (C=O) groups is 1. The Balaban J connectivity index is 1.56. The van der Waals surface area contributed by atoms with Crippen molar-refractivity contribution < 1.29 is 17.9 Å². The number of halogens is 1. The molecule has 0 spiro atoms. The Morgan fingerprint density at radius 2 is 1.97 bits per heavy atom. The van der Waals surface area contributed by atoms with Gasteiger partial charge in [-0.3, -0.25) is 14.0 Å². The maximum Gasteiger partial charge on any atom is 0.321 e. The molecule has 0 aliphatic heterocycles. The van der Waals surface area contributed by atoms with Gasteiger partial charge >= 0.3 is 5.97 Å². The molecule has 0 unspecified atom stereocenters. The van der Waals surface area contributed by atoms with E-state index in [9.17, 15) is 18.0 Å². The van der Waals surface area contributed by atoms with Gasteiger partial charge in [-0.15, -0.1) is 0 Å². The summed E-state index contributed by atoms with van der Waals surface area (Å²) in [6.45, 7) is -0.788. The number of ether oxygens (including phenoxy) is 1. The highest BCUT2D eigenvalue weighted by molar-refractivity contribution is 9.10. The summed E-state index contributed by atoms with van der Waals surface area (Å²) in [5.41, 5.74) is 1.05. The lowest BCUT2D eigenvalue weighted by atomic mass is 10.2. The van der Waals surface area contributed by atoms with Crippen LogP contribution in [0.5, 0.6) is 0 Å². The summed E-state index contributed by atoms with van der Waals surface area (Å²) in [5.74, 6) is -0.792. The van der Waals surface area contributed by atoms with E-state index in [0.29, 0.717) is 11.2 Å². The highest BCUT2D eigenvalue weighted by Gasteiger charge is 2.11. The van der Waals surface area contributed by atoms with Crippen molar-refractivity contribution in [2.45, 2.75) is 6.61 Å². The Bertz CT molecular complexity index is 1220. The van der Waals surface area contributed by atoms with Gasteiger partial charge in [0.05, 0.1) is 5.69 Å². The molecule has 1 N–H and O–H groups in total. The second-order valence-corrected chi connectivity index (χ2v) is 8.47. The molecular formula is C19H16BrN3O5S. The average molecular weight is 478 g/mol. The highest BCUT2D eigenvalue weighted by atomic mass is 79.9. The van der Waals surface area contributed by atoms with Crippen molar-refractivity contribution in [3.63, 3.8) is 0 Å². The van der Waals surface area contributed by atoms with E-state index < -0.39 is 22.5 Å². The van der Waals surface area contributed by atoms with Gasteiger partial charge in [0.1, 0.15) is 18.8 Å². The van der Waals surface area contributed by atoms with Crippen LogP contribution in [0.2, 0.25) is 0 Å². The van der Waals surface area contributed by atoms with Crippen LogP contribution in [-0.2, 0) is 26.2 Å². The lowest BCUT2D eigenvalue weighted by Gasteiger charge is -2.07. The number of pyridine rings is 1. The van der Waals surface area contributed by atoms with E-state index in [1.165, 1.54) is 16.5 Å². The van der Waals surface area contributed by atoms with Crippen molar-refractivity contribution in [2.24, 2.45) is 0 Å². The molecule has 0 fully saturated rings. The maximum absolute atomic E-state index is 12.1. The number of benzene rings is 1. The number of hydrogen-bond donors (Lipinski definition) is 1. The van der Waals surface area contributed by atoms with Crippen LogP contribution in [0.1, 0.15) is 11.3 Å². The van der Waals surface area contributed by atoms with Crippen LogP contribution < -0.4 is 10.3 Å². The van der Waals surface area contributed by atoms with E-state index in [-0.39, 0.29) is 17.9 Å². The number of nitrogens with zero attached hydrogens (tertiary/aromatic N) is 2. The van der Waals surface area contributed by atoms with Crippen LogP contribution in [0.3, 0.4) is 0 Å². The molecule has 0 saturated carbocycles. The predicted octanol–water partition coefficient (Wildman–Crippen LogP) is 2.09. The van der Waals surface area contributed by atoms with Crippen LogP contribution in [0.25, 0.3) is 11.7 Å². The Hall–Kier alpha value is -2.82. The first kappa shape index (κ1) is 20.9. The van der Waals surface area contributed by atoms with Gasteiger partial charge in [0, 0.05) is 22.1 Å². The van der Waals surface area contributed by atoms with Gasteiger partial charge < -0.3 is 4.74 Å². The summed E-state index contributed by atoms with van der Waals surface area (Å²) >= 11 is 3.27. The molecule has 0 aliphatic carbocycles. The van der Waals surface area contributed by atoms with Crippen LogP contribution in [-0.4, -0.2) is 30.3 Å². The number of hydrogen-bond acceptors (Lipinski definition) is 6. The van der Waals surface area contributed by atoms with E-state index in [0.717, 1.165) is 9.88 Å². The smallest absolute Gasteiger partial charge is 0.321 e. The molecular weight excluding hydrogens is 462 g/mol. The number of esters is 1. The van der Waals surface area contributed by atoms with Crippen LogP contribution >= 0.6 is 15.9 Å². The minimum atomic E-state index is -3.80. The van der Waals surface area contributed by atoms with E-state index in [1.54, 1.807) is 42.6 Å². The van der Waals surface area contributed by atoms with Crippen LogP contribution in [0, 0.1) is 0 Å². The van der Waals surface area contributed by atoms with Gasteiger partial charge in [0.2, 0.25) is 10.0 Å². The molecule has 0 bridgehead atoms. The summed E-state index contributed by atoms with van der Waals surface area (Å²) in [4.78, 5) is 28.2. The normalized spacial score (nSPS) is 11.8. The van der Waals surface area contributed by atoms with Gasteiger partial charge in [0.25, 0.3) is 5.56 Å². The SMILES string of the molecule is O=C(CNS(=O)(=O)C=Cc1ccccc1)OCc1cc(=O)n2cc(Br)ccc2n1. The zero-order valence-corrected chi connectivity index (χ0v) is 17.4. The van der Waals surface area contributed by atoms with Crippen LogP contribution in [0.15, 0.2) is 69.4 Å². The molecule has 10 heteroatoms. The third kappa shape index (κ3) is 6.08. The first-order chi connectivity index (χ1) is 13.8. The summed E-state index contributed by atoms with van der Waals surface area (Å²) in [6.07, 6.45) is 3.00. The number of aromatic nitrogens is 2. The minimum Gasteiger partial charge on any atom is -0.458 e. The molecule has 2 aromatic heterocycles. The number of fused-ring (bicyclic) bond motifs is 1. The van der Waals surface area contributed by atoms with Crippen molar-refractivity contribution in [1.29, 1.82) is 0 Å². The maximum atomic E-state index is 12.1. The Labute approximate surface area is 175 Å². The molecule has 1 aromatic carbocycles. The molecule has 29 heavy (non-hydrogen) atoms. The lowest BCUT2D eigenvalue weighted by molar-refractivity contribution is -0.143. The van der Waals surface area contributed by atoms with E-state index >= 15 is 0 Å². The average Bonchev–Trinajstić information content (AvgIpc) is 2.71. The fraction of sp³-hybridized carbons (Fsp3) is 0.105. The molecule has 0 amide bonds. The molecule has 150 valence electrons. The van der Waals surface area contributed by atoms with Gasteiger partial charge in [0.15, 0.2) is 0 Å². The summed E-state index contributed by atoms with van der Waals surface area (Å²) in [7, 11) is -3.80. The summed E-state index contributed by atoms with van der Waals surface area (Å²) in [5, 5.41) is 0.972. The topological polar surface area (TPSA) is 107 Å². The molecule has 3 aromatic rings. The zero-order valence-electron chi connectivity index (χ0n) is 15.0. The van der Waals surface area contributed by atoms with Gasteiger partial charge in [-0.2, -0.15) is 0 Å². The molecule has 0 aliphatic rings. The predicted molar refractivity (Wildman–Crippen MR) is 111 cm³/mol. The first-order valence-electron chi connectivity index (χ1n) is 8.39. The molecule has 0 atom stereocenters. The number of nitrogens with one attached hydrogen (secondary N) is 1. The Kier molecular flexibility index (Phi) is 6.57. The number of rotatable bonds is 7. The fourth-order valence-corrected chi connectivity index (χ4v) is 3.43. The quantitative estimate of drug-likeness (QED) is 0.522. The Morgan fingerprint density at radius 1 is 1.21 bits per heavy atom. The zero-order chi connectivity index (χ0) is 20.9. The minimum absolute atomic E-state index is 0.248. The monoisotopic (exact) mass is 477 g/mol. The van der Waals surface area contributed by atoms with Gasteiger partial charge in [-0.25, -0.2) is 18.1 Å². The summed E-state index contributed by atoms with van der Waals surface area (Å²) < 4.78 is 33.1. The lowest BCUT2D eigenvalue weighted by Crippen LogP contribution is -2.29. The van der Waals surface area contributed by atoms with Crippen molar-refractivity contribution >= 4 is 43.6 Å². The molecule has 0 radical (unpaired) electrons. The van der Waals surface area contributed by atoms with Crippen molar-refractivity contribution in [2.75, 3.05) is 6.54 Å². The van der Waals surface area contributed by atoms with Crippen molar-refractivity contribution in [1.82, 2.24) is 14.1 Å². The first-order valence-corrected chi connectivity index (χ1v) is 10.7. The van der Waals surface area contributed by atoms with Crippen molar-refractivity contribution in [3.8, 4) is 0 Å². The molecule has 3 rings (SSSR count). The fourth-order valence-electron chi connectivity index (χ4n) is 2.35. The largest absolute Gasteiger partial charge is 0.458 e. The third-order valence-corrected chi connectivity index (χ3v) is 5.22.